The molecule has 0 fully saturated rings. The molecule has 0 atom stereocenters. The number of carbonyl (C=O) groups is 3. The fraction of sp³-hybridized carbons (Fsp3) is 0.278. The summed E-state index contributed by atoms with van der Waals surface area (Å²) in [6, 6.07) is 7.38. The maximum absolute atomic E-state index is 12.4. The maximum atomic E-state index is 12.4. The summed E-state index contributed by atoms with van der Waals surface area (Å²) in [5, 5.41) is 5.76. The van der Waals surface area contributed by atoms with E-state index in [1.54, 1.807) is 24.8 Å². The number of rotatable bonds is 6. The zero-order valence-corrected chi connectivity index (χ0v) is 16.6. The normalized spacial score (nSPS) is 10.3. The van der Waals surface area contributed by atoms with Gasteiger partial charge in [0.05, 0.1) is 5.56 Å². The third-order valence-corrected chi connectivity index (χ3v) is 5.41. The molecule has 0 saturated carbocycles. The highest BCUT2D eigenvalue weighted by Gasteiger charge is 2.22. The molecular weight excluding hydrogens is 372 g/mol. The van der Waals surface area contributed by atoms with E-state index in [1.165, 1.54) is 18.3 Å². The maximum Gasteiger partial charge on any atom is 0.341 e. The fourth-order valence-electron chi connectivity index (χ4n) is 2.22. The lowest BCUT2D eigenvalue weighted by Gasteiger charge is -2.09. The first kappa shape index (κ1) is 20.0. The molecule has 2 N–H and O–H groups in total. The largest absolute Gasteiger partial charge is 0.452 e. The molecule has 2 aromatic rings. The molecule has 0 aliphatic heterocycles. The first-order chi connectivity index (χ1) is 12.3. The molecule has 0 radical (unpaired) electrons. The molecule has 0 spiro atoms. The summed E-state index contributed by atoms with van der Waals surface area (Å²) in [7, 11) is 0. The van der Waals surface area contributed by atoms with Crippen molar-refractivity contribution in [2.45, 2.75) is 25.7 Å². The Morgan fingerprint density at radius 3 is 2.58 bits per heavy atom. The van der Waals surface area contributed by atoms with Gasteiger partial charge >= 0.3 is 5.97 Å². The van der Waals surface area contributed by atoms with Crippen molar-refractivity contribution in [1.29, 1.82) is 0 Å². The standard InChI is InChI=1S/C18H20N2O4S2/c1-10-11(2)26-17(19-12(3)21)16(10)18(23)24-9-15(22)20-13-6-5-7-14(8-13)25-4/h5-8H,9H2,1-4H3,(H,19,21)(H,20,22). The van der Waals surface area contributed by atoms with Gasteiger partial charge in [-0.3, -0.25) is 9.59 Å². The molecular formula is C18H20N2O4S2. The number of aryl methyl sites for hydroxylation is 1. The van der Waals surface area contributed by atoms with Gasteiger partial charge in [-0.25, -0.2) is 4.79 Å². The minimum Gasteiger partial charge on any atom is -0.452 e. The average Bonchev–Trinajstić information content (AvgIpc) is 2.86. The molecule has 8 heteroatoms. The van der Waals surface area contributed by atoms with Crippen LogP contribution in [0.5, 0.6) is 0 Å². The van der Waals surface area contributed by atoms with Crippen molar-refractivity contribution >= 4 is 51.6 Å². The molecule has 1 heterocycles. The third-order valence-electron chi connectivity index (χ3n) is 3.57. The lowest BCUT2D eigenvalue weighted by Crippen LogP contribution is -2.21. The van der Waals surface area contributed by atoms with E-state index in [9.17, 15) is 14.4 Å². The van der Waals surface area contributed by atoms with E-state index in [-0.39, 0.29) is 5.91 Å². The molecule has 2 rings (SSSR count). The van der Waals surface area contributed by atoms with Crippen LogP contribution in [0.25, 0.3) is 0 Å². The van der Waals surface area contributed by atoms with E-state index in [0.717, 1.165) is 15.3 Å². The van der Waals surface area contributed by atoms with Gasteiger partial charge in [0.15, 0.2) is 6.61 Å². The van der Waals surface area contributed by atoms with Crippen LogP contribution in [-0.4, -0.2) is 30.6 Å². The van der Waals surface area contributed by atoms with Crippen LogP contribution in [0, 0.1) is 13.8 Å². The molecule has 26 heavy (non-hydrogen) atoms. The van der Waals surface area contributed by atoms with Crippen LogP contribution >= 0.6 is 23.1 Å². The number of anilines is 2. The molecule has 0 unspecified atom stereocenters. The quantitative estimate of drug-likeness (QED) is 0.576. The van der Waals surface area contributed by atoms with Gasteiger partial charge in [0.1, 0.15) is 5.00 Å². The van der Waals surface area contributed by atoms with E-state index >= 15 is 0 Å². The Labute approximate surface area is 160 Å². The Morgan fingerprint density at radius 2 is 1.92 bits per heavy atom. The number of carbonyl (C=O) groups excluding carboxylic acids is 3. The molecule has 2 amide bonds. The first-order valence-electron chi connectivity index (χ1n) is 7.80. The highest BCUT2D eigenvalue weighted by Crippen LogP contribution is 2.33. The number of thiophene rings is 1. The number of thioether (sulfide) groups is 1. The van der Waals surface area contributed by atoms with Gasteiger partial charge in [-0.1, -0.05) is 6.07 Å². The molecule has 1 aromatic heterocycles. The number of esters is 1. The Hall–Kier alpha value is -2.32. The van der Waals surface area contributed by atoms with Gasteiger partial charge in [0.25, 0.3) is 5.91 Å². The van der Waals surface area contributed by atoms with Gasteiger partial charge < -0.3 is 15.4 Å². The fourth-order valence-corrected chi connectivity index (χ4v) is 3.78. The number of ether oxygens (including phenoxy) is 1. The van der Waals surface area contributed by atoms with Crippen LogP contribution in [0.2, 0.25) is 0 Å². The smallest absolute Gasteiger partial charge is 0.341 e. The molecule has 0 bridgehead atoms. The number of hydrogen-bond donors (Lipinski definition) is 2. The second kappa shape index (κ2) is 8.86. The summed E-state index contributed by atoms with van der Waals surface area (Å²) in [6.45, 7) is 4.60. The molecule has 0 aliphatic rings. The van der Waals surface area contributed by atoms with Crippen LogP contribution in [0.15, 0.2) is 29.2 Å². The lowest BCUT2D eigenvalue weighted by molar-refractivity contribution is -0.119. The highest BCUT2D eigenvalue weighted by molar-refractivity contribution is 7.98. The van der Waals surface area contributed by atoms with Crippen molar-refractivity contribution in [1.82, 2.24) is 0 Å². The Kier molecular flexibility index (Phi) is 6.82. The summed E-state index contributed by atoms with van der Waals surface area (Å²) >= 11 is 2.87. The second-order valence-corrected chi connectivity index (χ2v) is 7.63. The molecule has 0 saturated heterocycles. The van der Waals surface area contributed by atoms with Gasteiger partial charge in [-0.05, 0) is 43.9 Å². The molecule has 1 aromatic carbocycles. The van der Waals surface area contributed by atoms with Crippen LogP contribution in [0.1, 0.15) is 27.7 Å². The monoisotopic (exact) mass is 392 g/mol. The average molecular weight is 393 g/mol. The van der Waals surface area contributed by atoms with Crippen LogP contribution in [0.3, 0.4) is 0 Å². The van der Waals surface area contributed by atoms with Crippen molar-refractivity contribution in [3.05, 3.63) is 40.3 Å². The van der Waals surface area contributed by atoms with Gasteiger partial charge in [0, 0.05) is 22.4 Å². The molecule has 0 aliphatic carbocycles. The molecule has 138 valence electrons. The topological polar surface area (TPSA) is 84.5 Å². The van der Waals surface area contributed by atoms with E-state index in [1.807, 2.05) is 31.4 Å². The number of nitrogens with one attached hydrogen (secondary N) is 2. The number of amides is 2. The van der Waals surface area contributed by atoms with Crippen molar-refractivity contribution in [3.63, 3.8) is 0 Å². The van der Waals surface area contributed by atoms with Crippen LogP contribution in [0.4, 0.5) is 10.7 Å². The highest BCUT2D eigenvalue weighted by atomic mass is 32.2. The minimum atomic E-state index is -0.636. The molecule has 6 nitrogen and oxygen atoms in total. The number of hydrogen-bond acceptors (Lipinski definition) is 6. The van der Waals surface area contributed by atoms with E-state index in [4.69, 9.17) is 4.74 Å². The van der Waals surface area contributed by atoms with Crippen molar-refractivity contribution in [3.8, 4) is 0 Å². The minimum absolute atomic E-state index is 0.272. The SMILES string of the molecule is CSc1cccc(NC(=O)COC(=O)c2c(NC(C)=O)sc(C)c2C)c1. The van der Waals surface area contributed by atoms with E-state index in [2.05, 4.69) is 10.6 Å². The van der Waals surface area contributed by atoms with Crippen LogP contribution < -0.4 is 10.6 Å². The Bertz CT molecular complexity index is 846. The Morgan fingerprint density at radius 1 is 1.19 bits per heavy atom. The summed E-state index contributed by atoms with van der Waals surface area (Å²) < 4.78 is 5.13. The zero-order chi connectivity index (χ0) is 19.3. The Balaban J connectivity index is 2.02. The third kappa shape index (κ3) is 5.09. The van der Waals surface area contributed by atoms with E-state index < -0.39 is 18.5 Å². The first-order valence-corrected chi connectivity index (χ1v) is 9.84. The second-order valence-electron chi connectivity index (χ2n) is 5.52. The number of benzene rings is 1. The van der Waals surface area contributed by atoms with Crippen LogP contribution in [-0.2, 0) is 14.3 Å². The van der Waals surface area contributed by atoms with Crippen molar-refractivity contribution in [2.75, 3.05) is 23.5 Å². The lowest BCUT2D eigenvalue weighted by atomic mass is 10.1. The summed E-state index contributed by atoms with van der Waals surface area (Å²) in [4.78, 5) is 37.7. The zero-order valence-electron chi connectivity index (χ0n) is 15.0. The summed E-state index contributed by atoms with van der Waals surface area (Å²) in [5.74, 6) is -1.34. The predicted molar refractivity (Wildman–Crippen MR) is 105 cm³/mol. The summed E-state index contributed by atoms with van der Waals surface area (Å²) in [6.07, 6.45) is 1.94. The van der Waals surface area contributed by atoms with Gasteiger partial charge in [-0.15, -0.1) is 23.1 Å². The van der Waals surface area contributed by atoms with Gasteiger partial charge in [0.2, 0.25) is 5.91 Å². The van der Waals surface area contributed by atoms with Crippen molar-refractivity contribution < 1.29 is 19.1 Å². The van der Waals surface area contributed by atoms with Crippen molar-refractivity contribution in [2.24, 2.45) is 0 Å². The predicted octanol–water partition coefficient (Wildman–Crippen LogP) is 3.84. The van der Waals surface area contributed by atoms with E-state index in [0.29, 0.717) is 16.3 Å². The van der Waals surface area contributed by atoms with Gasteiger partial charge in [-0.2, -0.15) is 0 Å². The summed E-state index contributed by atoms with van der Waals surface area (Å²) in [5.41, 5.74) is 1.66.